The molecule has 5 rings (SSSR count). The van der Waals surface area contributed by atoms with Gasteiger partial charge >= 0.3 is 0 Å². The Morgan fingerprint density at radius 2 is 1.82 bits per heavy atom. The van der Waals surface area contributed by atoms with Crippen molar-refractivity contribution < 1.29 is 5.11 Å². The molecule has 4 aliphatic carbocycles. The fraction of sp³-hybridized carbons (Fsp3) is 0.875. The van der Waals surface area contributed by atoms with Gasteiger partial charge in [0.15, 0.2) is 0 Å². The maximum absolute atomic E-state index is 11.5. The van der Waals surface area contributed by atoms with Crippen molar-refractivity contribution in [2.45, 2.75) is 87.7 Å². The molecule has 0 aromatic carbocycles. The summed E-state index contributed by atoms with van der Waals surface area (Å²) in [5.41, 5.74) is 1.59. The Balaban J connectivity index is 1.43. The van der Waals surface area contributed by atoms with Crippen LogP contribution < -0.4 is 0 Å². The van der Waals surface area contributed by atoms with Crippen molar-refractivity contribution in [3.05, 3.63) is 11.6 Å². The molecule has 0 aromatic rings. The van der Waals surface area contributed by atoms with Crippen LogP contribution in [0.25, 0.3) is 0 Å². The van der Waals surface area contributed by atoms with Gasteiger partial charge in [-0.25, -0.2) is 0 Å². The lowest BCUT2D eigenvalue weighted by Gasteiger charge is -2.60. The van der Waals surface area contributed by atoms with Crippen molar-refractivity contribution in [1.29, 1.82) is 5.26 Å². The normalized spacial score (nSPS) is 49.1. The highest BCUT2D eigenvalue weighted by Gasteiger charge is 2.64. The number of thioether (sulfide) groups is 2. The Hall–Kier alpha value is -0.110. The van der Waals surface area contributed by atoms with Crippen LogP contribution in [0.3, 0.4) is 0 Å². The second kappa shape index (κ2) is 6.69. The third-order valence-electron chi connectivity index (χ3n) is 9.87. The number of rotatable bonds is 2. The summed E-state index contributed by atoms with van der Waals surface area (Å²) in [7, 11) is 0. The highest BCUT2D eigenvalue weighted by molar-refractivity contribution is 8.21. The van der Waals surface area contributed by atoms with E-state index in [1.807, 2.05) is 0 Å². The van der Waals surface area contributed by atoms with Crippen LogP contribution in [0, 0.1) is 39.9 Å². The minimum atomic E-state index is -0.608. The van der Waals surface area contributed by atoms with Crippen molar-refractivity contribution in [2.75, 3.05) is 11.5 Å². The van der Waals surface area contributed by atoms with E-state index in [9.17, 15) is 5.11 Å². The minimum absolute atomic E-state index is 0.0235. The topological polar surface area (TPSA) is 44.0 Å². The van der Waals surface area contributed by atoms with Crippen molar-refractivity contribution in [3.63, 3.8) is 0 Å². The van der Waals surface area contributed by atoms with Gasteiger partial charge in [-0.15, -0.1) is 23.5 Å². The van der Waals surface area contributed by atoms with Crippen LogP contribution in [-0.2, 0) is 0 Å². The lowest BCUT2D eigenvalue weighted by molar-refractivity contribution is -0.129. The zero-order valence-corrected chi connectivity index (χ0v) is 19.1. The summed E-state index contributed by atoms with van der Waals surface area (Å²) >= 11 is 4.40. The molecule has 3 saturated carbocycles. The summed E-state index contributed by atoms with van der Waals surface area (Å²) in [5, 5.41) is 20.6. The van der Waals surface area contributed by atoms with E-state index in [2.05, 4.69) is 49.5 Å². The van der Waals surface area contributed by atoms with Gasteiger partial charge in [0.25, 0.3) is 0 Å². The number of fused-ring (bicyclic) bond motifs is 5. The third kappa shape index (κ3) is 2.64. The van der Waals surface area contributed by atoms with E-state index in [0.29, 0.717) is 28.3 Å². The van der Waals surface area contributed by atoms with E-state index in [-0.39, 0.29) is 5.41 Å². The molecule has 1 aliphatic heterocycles. The molecule has 0 unspecified atom stereocenters. The molecular weight excluding hydrogens is 382 g/mol. The van der Waals surface area contributed by atoms with Crippen molar-refractivity contribution in [2.24, 2.45) is 28.6 Å². The lowest BCUT2D eigenvalue weighted by Crippen LogP contribution is -2.55. The van der Waals surface area contributed by atoms with Crippen molar-refractivity contribution in [3.8, 4) is 6.07 Å². The van der Waals surface area contributed by atoms with Crippen LogP contribution in [0.4, 0.5) is 0 Å². The predicted molar refractivity (Wildman–Crippen MR) is 119 cm³/mol. The number of nitriles is 1. The predicted octanol–water partition coefficient (Wildman–Crippen LogP) is 6.16. The van der Waals surface area contributed by atoms with Gasteiger partial charge < -0.3 is 5.11 Å². The van der Waals surface area contributed by atoms with Gasteiger partial charge in [-0.05, 0) is 86.4 Å². The first-order chi connectivity index (χ1) is 13.4. The van der Waals surface area contributed by atoms with Crippen LogP contribution >= 0.6 is 23.5 Å². The standard InChI is InChI=1S/C24H35NOS2/c1-21-11-12-24(27-14-15-28-24)16-17(21)4-5-18-19(21)6-9-22(2)20(18)7-10-23(22,26)8-3-13-25/h16,18-20,26H,3-12,14-15H2,1-2H3/t18-,19+,20+,21+,22+,23+/m1/s1. The van der Waals surface area contributed by atoms with E-state index in [0.717, 1.165) is 24.7 Å². The van der Waals surface area contributed by atoms with E-state index < -0.39 is 5.60 Å². The highest BCUT2D eigenvalue weighted by atomic mass is 32.2. The quantitative estimate of drug-likeness (QED) is 0.546. The molecule has 4 heteroatoms. The van der Waals surface area contributed by atoms with Crippen LogP contribution in [0.15, 0.2) is 11.6 Å². The molecule has 5 aliphatic rings. The molecule has 154 valence electrons. The maximum atomic E-state index is 11.5. The maximum Gasteiger partial charge on any atom is 0.0795 e. The molecule has 1 spiro atoms. The minimum Gasteiger partial charge on any atom is -0.389 e. The largest absolute Gasteiger partial charge is 0.389 e. The Kier molecular flexibility index (Phi) is 4.74. The summed E-state index contributed by atoms with van der Waals surface area (Å²) < 4.78 is 0.399. The zero-order chi connectivity index (χ0) is 19.6. The average Bonchev–Trinajstić information content (AvgIpc) is 3.24. The summed E-state index contributed by atoms with van der Waals surface area (Å²) in [4.78, 5) is 0. The molecule has 4 fully saturated rings. The molecule has 0 radical (unpaired) electrons. The Labute approximate surface area is 179 Å². The molecule has 1 saturated heterocycles. The van der Waals surface area contributed by atoms with E-state index in [4.69, 9.17) is 5.26 Å². The van der Waals surface area contributed by atoms with Gasteiger partial charge in [0.1, 0.15) is 0 Å². The SMILES string of the molecule is C[C@]12CCC3(C=C1CC[C@@H]1[C@@H]2CC[C@@]2(C)[C@H]1CC[C@@]2(O)CCC#N)SCCS3. The number of hydrogen-bond donors (Lipinski definition) is 1. The van der Waals surface area contributed by atoms with Crippen molar-refractivity contribution in [1.82, 2.24) is 0 Å². The van der Waals surface area contributed by atoms with Crippen LogP contribution in [0.5, 0.6) is 0 Å². The van der Waals surface area contributed by atoms with Gasteiger partial charge in [0.2, 0.25) is 0 Å². The number of allylic oxidation sites excluding steroid dienone is 1. The Morgan fingerprint density at radius 3 is 2.57 bits per heavy atom. The first-order valence-electron chi connectivity index (χ1n) is 11.5. The van der Waals surface area contributed by atoms with Crippen LogP contribution in [0.1, 0.15) is 78.1 Å². The van der Waals surface area contributed by atoms with Gasteiger partial charge in [-0.1, -0.05) is 25.5 Å². The monoisotopic (exact) mass is 417 g/mol. The van der Waals surface area contributed by atoms with E-state index in [1.54, 1.807) is 5.57 Å². The molecule has 1 heterocycles. The molecular formula is C24H35NOS2. The van der Waals surface area contributed by atoms with Crippen LogP contribution in [-0.4, -0.2) is 26.3 Å². The number of hydrogen-bond acceptors (Lipinski definition) is 4. The number of aliphatic hydroxyl groups is 1. The lowest BCUT2D eigenvalue weighted by atomic mass is 9.46. The first kappa shape index (κ1) is 19.8. The molecule has 0 amide bonds. The fourth-order valence-corrected chi connectivity index (χ4v) is 11.3. The molecule has 2 nitrogen and oxygen atoms in total. The highest BCUT2D eigenvalue weighted by Crippen LogP contribution is 2.69. The Bertz CT molecular complexity index is 723. The summed E-state index contributed by atoms with van der Waals surface area (Å²) in [5.74, 6) is 4.87. The molecule has 0 bridgehead atoms. The smallest absolute Gasteiger partial charge is 0.0795 e. The average molecular weight is 418 g/mol. The second-order valence-electron chi connectivity index (χ2n) is 10.7. The van der Waals surface area contributed by atoms with Crippen LogP contribution in [0.2, 0.25) is 0 Å². The summed E-state index contributed by atoms with van der Waals surface area (Å²) in [6.07, 6.45) is 13.7. The summed E-state index contributed by atoms with van der Waals surface area (Å²) in [6, 6.07) is 2.28. The summed E-state index contributed by atoms with van der Waals surface area (Å²) in [6.45, 7) is 4.96. The molecule has 0 aromatic heterocycles. The van der Waals surface area contributed by atoms with Gasteiger partial charge in [-0.2, -0.15) is 5.26 Å². The van der Waals surface area contributed by atoms with E-state index in [1.165, 1.54) is 50.0 Å². The second-order valence-corrected chi connectivity index (χ2v) is 13.8. The van der Waals surface area contributed by atoms with E-state index >= 15 is 0 Å². The molecule has 28 heavy (non-hydrogen) atoms. The molecule has 1 N–H and O–H groups in total. The number of nitrogens with zero attached hydrogens (tertiary/aromatic N) is 1. The van der Waals surface area contributed by atoms with Gasteiger partial charge in [0.05, 0.1) is 15.7 Å². The van der Waals surface area contributed by atoms with Gasteiger partial charge in [-0.3, -0.25) is 0 Å². The third-order valence-corrected chi connectivity index (χ3v) is 13.3. The Morgan fingerprint density at radius 1 is 1.07 bits per heavy atom. The first-order valence-corrected chi connectivity index (χ1v) is 13.4. The fourth-order valence-electron chi connectivity index (χ4n) is 8.16. The van der Waals surface area contributed by atoms with Gasteiger partial charge in [0, 0.05) is 17.9 Å². The zero-order valence-electron chi connectivity index (χ0n) is 17.5. The molecule has 6 atom stereocenters. The van der Waals surface area contributed by atoms with Crippen molar-refractivity contribution >= 4 is 23.5 Å².